The number of aryl methyl sites for hydroxylation is 3. The Morgan fingerprint density at radius 1 is 1.33 bits per heavy atom. The van der Waals surface area contributed by atoms with Gasteiger partial charge >= 0.3 is 5.97 Å². The van der Waals surface area contributed by atoms with Crippen LogP contribution in [0.2, 0.25) is 0 Å². The average molecular weight is 289 g/mol. The van der Waals surface area contributed by atoms with Crippen molar-refractivity contribution in [3.8, 4) is 5.75 Å². The molecule has 0 saturated heterocycles. The summed E-state index contributed by atoms with van der Waals surface area (Å²) in [5.74, 6) is -0.0385. The second-order valence-corrected chi connectivity index (χ2v) is 4.99. The highest BCUT2D eigenvalue weighted by Gasteiger charge is 2.05. The van der Waals surface area contributed by atoms with Crippen LogP contribution < -0.4 is 4.74 Å². The van der Waals surface area contributed by atoms with Gasteiger partial charge in [0, 0.05) is 19.2 Å². The summed E-state index contributed by atoms with van der Waals surface area (Å²) in [7, 11) is 0. The Kier molecular flexibility index (Phi) is 4.92. The van der Waals surface area contributed by atoms with Crippen LogP contribution in [0.15, 0.2) is 24.4 Å². The molecule has 0 atom stereocenters. The van der Waals surface area contributed by atoms with E-state index in [4.69, 9.17) is 9.84 Å². The van der Waals surface area contributed by atoms with Crippen molar-refractivity contribution in [1.82, 2.24) is 15.0 Å². The minimum absolute atomic E-state index is 0.0981. The van der Waals surface area contributed by atoms with Gasteiger partial charge in [-0.15, -0.1) is 5.10 Å². The van der Waals surface area contributed by atoms with E-state index in [2.05, 4.69) is 24.2 Å². The predicted molar refractivity (Wildman–Crippen MR) is 77.4 cm³/mol. The van der Waals surface area contributed by atoms with Gasteiger partial charge in [0.2, 0.25) is 0 Å². The summed E-state index contributed by atoms with van der Waals surface area (Å²) in [5, 5.41) is 16.4. The Bertz CT molecular complexity index is 622. The standard InChI is InChI=1S/C15H19N3O3/c1-11-4-5-14(8-12(11)2)21-7-3-6-18-10-13(16-17-18)9-15(19)20/h4-5,8,10H,3,6-7,9H2,1-2H3,(H,19,20). The quantitative estimate of drug-likeness (QED) is 0.789. The molecule has 0 aliphatic carbocycles. The third-order valence-corrected chi connectivity index (χ3v) is 3.20. The van der Waals surface area contributed by atoms with Gasteiger partial charge in [-0.3, -0.25) is 9.48 Å². The normalized spacial score (nSPS) is 10.6. The van der Waals surface area contributed by atoms with Crippen LogP contribution in [0.5, 0.6) is 5.75 Å². The van der Waals surface area contributed by atoms with Gasteiger partial charge in [0.1, 0.15) is 5.75 Å². The number of carboxylic acid groups (broad SMARTS) is 1. The molecule has 112 valence electrons. The zero-order chi connectivity index (χ0) is 15.2. The van der Waals surface area contributed by atoms with Crippen LogP contribution >= 0.6 is 0 Å². The molecule has 0 saturated carbocycles. The van der Waals surface area contributed by atoms with Crippen LogP contribution in [-0.4, -0.2) is 32.7 Å². The lowest BCUT2D eigenvalue weighted by molar-refractivity contribution is -0.136. The molecule has 0 bridgehead atoms. The Morgan fingerprint density at radius 3 is 2.86 bits per heavy atom. The first kappa shape index (κ1) is 15.0. The number of aromatic nitrogens is 3. The predicted octanol–water partition coefficient (Wildman–Crippen LogP) is 1.99. The summed E-state index contributed by atoms with van der Waals surface area (Å²) < 4.78 is 7.32. The number of rotatable bonds is 7. The molecular weight excluding hydrogens is 270 g/mol. The molecule has 0 spiro atoms. The molecule has 21 heavy (non-hydrogen) atoms. The van der Waals surface area contributed by atoms with Crippen LogP contribution in [0.3, 0.4) is 0 Å². The monoisotopic (exact) mass is 289 g/mol. The molecule has 0 amide bonds. The summed E-state index contributed by atoms with van der Waals surface area (Å²) in [4.78, 5) is 10.5. The van der Waals surface area contributed by atoms with Crippen LogP contribution in [0.25, 0.3) is 0 Å². The minimum atomic E-state index is -0.903. The fourth-order valence-electron chi connectivity index (χ4n) is 1.90. The van der Waals surface area contributed by atoms with Crippen molar-refractivity contribution < 1.29 is 14.6 Å². The summed E-state index contributed by atoms with van der Waals surface area (Å²) in [6.45, 7) is 5.36. The van der Waals surface area contributed by atoms with Crippen LogP contribution in [0.1, 0.15) is 23.2 Å². The first-order valence-electron chi connectivity index (χ1n) is 6.85. The SMILES string of the molecule is Cc1ccc(OCCCn2cc(CC(=O)O)nn2)cc1C. The van der Waals surface area contributed by atoms with Crippen LogP contribution in [-0.2, 0) is 17.8 Å². The van der Waals surface area contributed by atoms with Crippen molar-refractivity contribution in [1.29, 1.82) is 0 Å². The lowest BCUT2D eigenvalue weighted by atomic mass is 10.1. The number of nitrogens with zero attached hydrogens (tertiary/aromatic N) is 3. The lowest BCUT2D eigenvalue weighted by Crippen LogP contribution is -2.05. The van der Waals surface area contributed by atoms with Gasteiger partial charge in [0.15, 0.2) is 0 Å². The number of carboxylic acids is 1. The van der Waals surface area contributed by atoms with E-state index in [0.29, 0.717) is 18.8 Å². The zero-order valence-corrected chi connectivity index (χ0v) is 12.2. The van der Waals surface area contributed by atoms with Crippen LogP contribution in [0.4, 0.5) is 0 Å². The number of ether oxygens (including phenoxy) is 1. The summed E-state index contributed by atoms with van der Waals surface area (Å²) in [6, 6.07) is 6.03. The number of carbonyl (C=O) groups is 1. The third kappa shape index (κ3) is 4.59. The fourth-order valence-corrected chi connectivity index (χ4v) is 1.90. The van der Waals surface area contributed by atoms with Crippen molar-refractivity contribution in [2.24, 2.45) is 0 Å². The molecular formula is C15H19N3O3. The van der Waals surface area contributed by atoms with E-state index >= 15 is 0 Å². The van der Waals surface area contributed by atoms with Gasteiger partial charge in [-0.2, -0.15) is 0 Å². The van der Waals surface area contributed by atoms with E-state index in [-0.39, 0.29) is 6.42 Å². The molecule has 6 heteroatoms. The molecule has 1 N–H and O–H groups in total. The van der Waals surface area contributed by atoms with Gasteiger partial charge < -0.3 is 9.84 Å². The Hall–Kier alpha value is -2.37. The second-order valence-electron chi connectivity index (χ2n) is 4.99. The van der Waals surface area contributed by atoms with Gasteiger partial charge in [-0.05, 0) is 37.1 Å². The molecule has 2 aromatic rings. The van der Waals surface area contributed by atoms with Gasteiger partial charge in [0.25, 0.3) is 0 Å². The number of hydrogen-bond donors (Lipinski definition) is 1. The third-order valence-electron chi connectivity index (χ3n) is 3.20. The lowest BCUT2D eigenvalue weighted by Gasteiger charge is -2.08. The molecule has 2 rings (SSSR count). The highest BCUT2D eigenvalue weighted by atomic mass is 16.5. The molecule has 0 fully saturated rings. The van der Waals surface area contributed by atoms with Crippen molar-refractivity contribution in [3.63, 3.8) is 0 Å². The Balaban J connectivity index is 1.75. The first-order valence-corrected chi connectivity index (χ1v) is 6.85. The van der Waals surface area contributed by atoms with E-state index in [1.165, 1.54) is 11.1 Å². The molecule has 0 aliphatic rings. The van der Waals surface area contributed by atoms with Crippen molar-refractivity contribution in [2.75, 3.05) is 6.61 Å². The number of hydrogen-bond acceptors (Lipinski definition) is 4. The molecule has 0 aliphatic heterocycles. The molecule has 0 unspecified atom stereocenters. The van der Waals surface area contributed by atoms with E-state index in [9.17, 15) is 4.79 Å². The van der Waals surface area contributed by atoms with Crippen molar-refractivity contribution >= 4 is 5.97 Å². The molecule has 1 aromatic heterocycles. The number of benzene rings is 1. The second kappa shape index (κ2) is 6.88. The van der Waals surface area contributed by atoms with Crippen LogP contribution in [0, 0.1) is 13.8 Å². The molecule has 1 aromatic carbocycles. The maximum Gasteiger partial charge on any atom is 0.309 e. The Labute approximate surface area is 123 Å². The maximum atomic E-state index is 10.5. The largest absolute Gasteiger partial charge is 0.494 e. The fraction of sp³-hybridized carbons (Fsp3) is 0.400. The molecule has 6 nitrogen and oxygen atoms in total. The first-order chi connectivity index (χ1) is 10.0. The number of aliphatic carboxylic acids is 1. The average Bonchev–Trinajstić information content (AvgIpc) is 2.85. The Morgan fingerprint density at radius 2 is 2.14 bits per heavy atom. The summed E-state index contributed by atoms with van der Waals surface area (Å²) in [5.41, 5.74) is 2.93. The van der Waals surface area contributed by atoms with Crippen molar-refractivity contribution in [2.45, 2.75) is 33.2 Å². The van der Waals surface area contributed by atoms with E-state index in [0.717, 1.165) is 12.2 Å². The van der Waals surface area contributed by atoms with Gasteiger partial charge in [-0.25, -0.2) is 0 Å². The summed E-state index contributed by atoms with van der Waals surface area (Å²) >= 11 is 0. The maximum absolute atomic E-state index is 10.5. The van der Waals surface area contributed by atoms with Crippen molar-refractivity contribution in [3.05, 3.63) is 41.2 Å². The molecule has 1 heterocycles. The highest BCUT2D eigenvalue weighted by Crippen LogP contribution is 2.16. The smallest absolute Gasteiger partial charge is 0.309 e. The van der Waals surface area contributed by atoms with Gasteiger partial charge in [-0.1, -0.05) is 11.3 Å². The molecule has 0 radical (unpaired) electrons. The topological polar surface area (TPSA) is 77.2 Å². The minimum Gasteiger partial charge on any atom is -0.494 e. The van der Waals surface area contributed by atoms with E-state index in [1.54, 1.807) is 10.9 Å². The highest BCUT2D eigenvalue weighted by molar-refractivity contribution is 5.69. The zero-order valence-electron chi connectivity index (χ0n) is 12.2. The van der Waals surface area contributed by atoms with E-state index in [1.807, 2.05) is 18.2 Å². The van der Waals surface area contributed by atoms with Gasteiger partial charge in [0.05, 0.1) is 18.7 Å². The van der Waals surface area contributed by atoms with E-state index < -0.39 is 5.97 Å². The summed E-state index contributed by atoms with van der Waals surface area (Å²) in [6.07, 6.45) is 2.34.